The highest BCUT2D eigenvalue weighted by Crippen LogP contribution is 2.21. The van der Waals surface area contributed by atoms with Crippen LogP contribution < -0.4 is 5.73 Å². The zero-order chi connectivity index (χ0) is 19.9. The summed E-state index contributed by atoms with van der Waals surface area (Å²) in [5.41, 5.74) is 5.96. The zero-order valence-electron chi connectivity index (χ0n) is 14.7. The molecular weight excluding hydrogens is 364 g/mol. The monoisotopic (exact) mass is 388 g/mol. The molecule has 0 aliphatic carbocycles. The number of aliphatic hydroxyl groups is 2. The molecule has 0 fully saturated rings. The number of carbonyl (C=O) groups is 1. The van der Waals surface area contributed by atoms with Gasteiger partial charge in [-0.1, -0.05) is 18.2 Å². The van der Waals surface area contributed by atoms with Crippen LogP contribution in [0.3, 0.4) is 0 Å². The fourth-order valence-corrected chi connectivity index (χ4v) is 2.29. The highest BCUT2D eigenvalue weighted by atomic mass is 32.2. The first-order valence-electron chi connectivity index (χ1n) is 7.75. The van der Waals surface area contributed by atoms with Crippen LogP contribution in [0.4, 0.5) is 0 Å². The number of aromatic nitrogens is 1. The molecular formula is C16H24N2O7S. The Morgan fingerprint density at radius 2 is 1.96 bits per heavy atom. The van der Waals surface area contributed by atoms with Crippen molar-refractivity contribution in [1.29, 1.82) is 0 Å². The van der Waals surface area contributed by atoms with E-state index in [1.54, 1.807) is 0 Å². The SMILES string of the molecule is CS(=O)(=O)[O-].Cn1cc(C[C@@H]([NH3+])C(=O)OCC(O)CO)c2ccccc21. The number of nitrogens with zero attached hydrogens (tertiary/aromatic N) is 1. The van der Waals surface area contributed by atoms with Gasteiger partial charge in [0.25, 0.3) is 0 Å². The number of hydrogen-bond donors (Lipinski definition) is 3. The molecule has 0 aliphatic rings. The Bertz CT molecular complexity index is 824. The van der Waals surface area contributed by atoms with Gasteiger partial charge in [0.2, 0.25) is 0 Å². The minimum atomic E-state index is -3.92. The maximum absolute atomic E-state index is 11.8. The molecule has 10 heteroatoms. The van der Waals surface area contributed by atoms with Crippen LogP contribution in [0.5, 0.6) is 0 Å². The van der Waals surface area contributed by atoms with Crippen LogP contribution in [0.15, 0.2) is 30.5 Å². The van der Waals surface area contributed by atoms with Crippen LogP contribution in [0.25, 0.3) is 10.9 Å². The van der Waals surface area contributed by atoms with E-state index in [0.29, 0.717) is 12.7 Å². The molecule has 0 radical (unpaired) electrons. The van der Waals surface area contributed by atoms with Crippen LogP contribution in [0.2, 0.25) is 0 Å². The average molecular weight is 388 g/mol. The highest BCUT2D eigenvalue weighted by molar-refractivity contribution is 7.84. The molecule has 1 unspecified atom stereocenters. The number of para-hydroxylation sites is 1. The molecule has 0 bridgehead atoms. The standard InChI is InChI=1S/C15H20N2O4.CH4O3S/c1-17-7-10(12-4-2-3-5-14(12)17)6-13(16)15(20)21-9-11(19)8-18;1-5(2,3)4/h2-5,7,11,13,18-19H,6,8-9,16H2,1H3;1H3,(H,2,3,4)/t11?,13-;/m1./s1. The molecule has 5 N–H and O–H groups in total. The van der Waals surface area contributed by atoms with Crippen molar-refractivity contribution in [3.8, 4) is 0 Å². The van der Waals surface area contributed by atoms with Crippen LogP contribution in [0.1, 0.15) is 5.56 Å². The zero-order valence-corrected chi connectivity index (χ0v) is 15.5. The Morgan fingerprint density at radius 1 is 1.38 bits per heavy atom. The number of quaternary nitrogens is 1. The fraction of sp³-hybridized carbons (Fsp3) is 0.438. The molecule has 146 valence electrons. The van der Waals surface area contributed by atoms with Crippen molar-refractivity contribution < 1.29 is 38.4 Å². The Kier molecular flexibility index (Phi) is 8.18. The number of aliphatic hydroxyl groups excluding tert-OH is 2. The second-order valence-electron chi connectivity index (χ2n) is 5.85. The summed E-state index contributed by atoms with van der Waals surface area (Å²) in [6.07, 6.45) is 2.01. The number of benzene rings is 1. The summed E-state index contributed by atoms with van der Waals surface area (Å²) in [6.45, 7) is -0.644. The van der Waals surface area contributed by atoms with Crippen LogP contribution in [0, 0.1) is 0 Å². The van der Waals surface area contributed by atoms with Gasteiger partial charge in [-0.2, -0.15) is 0 Å². The molecule has 9 nitrogen and oxygen atoms in total. The molecule has 2 aromatic rings. The van der Waals surface area contributed by atoms with Gasteiger partial charge in [0.1, 0.15) is 12.7 Å². The second kappa shape index (κ2) is 9.64. The summed E-state index contributed by atoms with van der Waals surface area (Å²) in [5.74, 6) is -0.476. The summed E-state index contributed by atoms with van der Waals surface area (Å²) in [6, 6.07) is 7.41. The van der Waals surface area contributed by atoms with Crippen molar-refractivity contribution in [1.82, 2.24) is 4.57 Å². The minimum absolute atomic E-state index is 0.211. The van der Waals surface area contributed by atoms with Gasteiger partial charge in [0.05, 0.1) is 16.7 Å². The van der Waals surface area contributed by atoms with Crippen molar-refractivity contribution in [2.24, 2.45) is 7.05 Å². The predicted octanol–water partition coefficient (Wildman–Crippen LogP) is -1.61. The van der Waals surface area contributed by atoms with Gasteiger partial charge in [-0.05, 0) is 11.6 Å². The molecule has 0 aliphatic heterocycles. The largest absolute Gasteiger partial charge is 0.748 e. The number of aryl methyl sites for hydroxylation is 1. The molecule has 26 heavy (non-hydrogen) atoms. The Balaban J connectivity index is 0.000000597. The van der Waals surface area contributed by atoms with Crippen molar-refractivity contribution >= 4 is 27.0 Å². The smallest absolute Gasteiger partial charge is 0.365 e. The summed E-state index contributed by atoms with van der Waals surface area (Å²) < 4.78 is 34.2. The van der Waals surface area contributed by atoms with Gasteiger partial charge >= 0.3 is 5.97 Å². The van der Waals surface area contributed by atoms with Gasteiger partial charge in [-0.15, -0.1) is 0 Å². The Hall–Kier alpha value is -1.98. The van der Waals surface area contributed by atoms with E-state index in [1.165, 1.54) is 0 Å². The van der Waals surface area contributed by atoms with E-state index >= 15 is 0 Å². The normalized spacial score (nSPS) is 13.6. The van der Waals surface area contributed by atoms with Gasteiger partial charge in [-0.3, -0.25) is 0 Å². The molecule has 1 aromatic carbocycles. The lowest BCUT2D eigenvalue weighted by Crippen LogP contribution is -2.66. The molecule has 1 heterocycles. The quantitative estimate of drug-likeness (QED) is 0.397. The van der Waals surface area contributed by atoms with E-state index < -0.39 is 34.8 Å². The summed E-state index contributed by atoms with van der Waals surface area (Å²) in [4.78, 5) is 11.8. The van der Waals surface area contributed by atoms with Crippen molar-refractivity contribution in [2.75, 3.05) is 19.5 Å². The number of fused-ring (bicyclic) bond motifs is 1. The van der Waals surface area contributed by atoms with E-state index in [-0.39, 0.29) is 6.61 Å². The van der Waals surface area contributed by atoms with Crippen molar-refractivity contribution in [2.45, 2.75) is 18.6 Å². The van der Waals surface area contributed by atoms with E-state index in [2.05, 4.69) is 5.73 Å². The molecule has 0 spiro atoms. The Morgan fingerprint density at radius 3 is 2.54 bits per heavy atom. The number of carbonyl (C=O) groups excluding carboxylic acids is 1. The van der Waals surface area contributed by atoms with Gasteiger partial charge in [0.15, 0.2) is 6.04 Å². The third-order valence-electron chi connectivity index (χ3n) is 3.41. The number of esters is 1. The molecule has 0 saturated heterocycles. The molecule has 0 amide bonds. The van der Waals surface area contributed by atoms with E-state index in [4.69, 9.17) is 22.8 Å². The van der Waals surface area contributed by atoms with Gasteiger partial charge in [-0.25, -0.2) is 13.2 Å². The van der Waals surface area contributed by atoms with Gasteiger partial charge in [0, 0.05) is 36.8 Å². The van der Waals surface area contributed by atoms with Gasteiger partial charge < -0.3 is 29.8 Å². The molecule has 1 aromatic heterocycles. The lowest BCUT2D eigenvalue weighted by atomic mass is 10.1. The molecule has 0 saturated carbocycles. The number of hydrogen-bond acceptors (Lipinski definition) is 7. The third-order valence-corrected chi connectivity index (χ3v) is 3.41. The van der Waals surface area contributed by atoms with Crippen molar-refractivity contribution in [3.05, 3.63) is 36.0 Å². The average Bonchev–Trinajstić information content (AvgIpc) is 2.87. The maximum atomic E-state index is 11.8. The van der Waals surface area contributed by atoms with Crippen LogP contribution >= 0.6 is 0 Å². The maximum Gasteiger partial charge on any atom is 0.365 e. The summed E-state index contributed by atoms with van der Waals surface area (Å²) in [5, 5.41) is 18.9. The minimum Gasteiger partial charge on any atom is -0.748 e. The first-order valence-corrected chi connectivity index (χ1v) is 9.57. The fourth-order valence-electron chi connectivity index (χ4n) is 2.29. The predicted molar refractivity (Wildman–Crippen MR) is 93.0 cm³/mol. The summed E-state index contributed by atoms with van der Waals surface area (Å²) >= 11 is 0. The third kappa shape index (κ3) is 7.50. The topological polar surface area (TPSA) is 157 Å². The summed E-state index contributed by atoms with van der Waals surface area (Å²) in [7, 11) is -1.96. The van der Waals surface area contributed by atoms with Crippen LogP contribution in [-0.2, 0) is 33.1 Å². The lowest BCUT2D eigenvalue weighted by molar-refractivity contribution is -0.408. The molecule has 2 atom stereocenters. The highest BCUT2D eigenvalue weighted by Gasteiger charge is 2.22. The Labute approximate surface area is 151 Å². The lowest BCUT2D eigenvalue weighted by Gasteiger charge is -2.11. The van der Waals surface area contributed by atoms with E-state index in [9.17, 15) is 9.90 Å². The first kappa shape index (κ1) is 22.1. The molecule has 2 rings (SSSR count). The van der Waals surface area contributed by atoms with E-state index in [1.807, 2.05) is 42.1 Å². The number of ether oxygens (including phenoxy) is 1. The van der Waals surface area contributed by atoms with Crippen molar-refractivity contribution in [3.63, 3.8) is 0 Å². The second-order valence-corrected chi connectivity index (χ2v) is 7.26. The van der Waals surface area contributed by atoms with E-state index in [0.717, 1.165) is 16.5 Å². The number of rotatable bonds is 6. The first-order chi connectivity index (χ1) is 12.0. The van der Waals surface area contributed by atoms with Crippen LogP contribution in [-0.4, -0.2) is 65.3 Å².